The van der Waals surface area contributed by atoms with Crippen molar-refractivity contribution in [3.63, 3.8) is 0 Å². The second-order valence-corrected chi connectivity index (χ2v) is 11.3. The molecule has 0 saturated carbocycles. The summed E-state index contributed by atoms with van der Waals surface area (Å²) in [5.41, 5.74) is 0. The molecule has 0 aliphatic heterocycles. The van der Waals surface area contributed by atoms with Crippen molar-refractivity contribution in [3.8, 4) is 0 Å². The minimum Gasteiger partial charge on any atom is -1.00 e. The summed E-state index contributed by atoms with van der Waals surface area (Å²) in [5.74, 6) is 0. The maximum absolute atomic E-state index is 3.59. The van der Waals surface area contributed by atoms with Crippen molar-refractivity contribution in [1.82, 2.24) is 5.32 Å². The zero-order valence-electron chi connectivity index (χ0n) is 15.2. The van der Waals surface area contributed by atoms with Gasteiger partial charge in [-0.2, -0.15) is 0 Å². The van der Waals surface area contributed by atoms with Crippen LogP contribution < -0.4 is 22.3 Å². The van der Waals surface area contributed by atoms with E-state index in [0.717, 1.165) is 0 Å². The molecule has 0 heterocycles. The third-order valence-electron chi connectivity index (χ3n) is 4.96. The van der Waals surface area contributed by atoms with E-state index < -0.39 is 7.26 Å². The zero-order valence-corrected chi connectivity index (χ0v) is 17.7. The molecule has 0 aromatic heterocycles. The Bertz CT molecular complexity index is 187. The fourth-order valence-corrected chi connectivity index (χ4v) is 6.18. The fourth-order valence-electron chi connectivity index (χ4n) is 3.00. The standard InChI is InChI=1S/C18H41NP.BrH/c1-5-9-10-13-16-19-17-14-11-12-15-18-20(6-2,7-3)8-4;/h19H,5-18H2,1-4H3;1H/q+1;/p-1. The Morgan fingerprint density at radius 2 is 1.10 bits per heavy atom. The van der Waals surface area contributed by atoms with Crippen LogP contribution in [0.1, 0.15) is 79.1 Å². The summed E-state index contributed by atoms with van der Waals surface area (Å²) in [4.78, 5) is 0. The Labute approximate surface area is 146 Å². The topological polar surface area (TPSA) is 12.0 Å². The number of nitrogens with one attached hydrogen (secondary N) is 1. The quantitative estimate of drug-likeness (QED) is 0.339. The summed E-state index contributed by atoms with van der Waals surface area (Å²) in [6, 6.07) is 0. The lowest BCUT2D eigenvalue weighted by Gasteiger charge is -2.23. The molecule has 0 aliphatic rings. The molecular weight excluding hydrogens is 341 g/mol. The van der Waals surface area contributed by atoms with Crippen molar-refractivity contribution in [1.29, 1.82) is 0 Å². The van der Waals surface area contributed by atoms with Gasteiger partial charge in [-0.1, -0.05) is 32.6 Å². The highest BCUT2D eigenvalue weighted by molar-refractivity contribution is 7.75. The number of unbranched alkanes of at least 4 members (excludes halogenated alkanes) is 6. The summed E-state index contributed by atoms with van der Waals surface area (Å²) in [6.07, 6.45) is 17.2. The smallest absolute Gasteiger partial charge is 0.0594 e. The summed E-state index contributed by atoms with van der Waals surface area (Å²) >= 11 is 0. The van der Waals surface area contributed by atoms with E-state index >= 15 is 0 Å². The first-order chi connectivity index (χ1) is 9.74. The Morgan fingerprint density at radius 1 is 0.619 bits per heavy atom. The van der Waals surface area contributed by atoms with Crippen molar-refractivity contribution in [2.24, 2.45) is 0 Å². The predicted octanol–water partition coefficient (Wildman–Crippen LogP) is 2.80. The van der Waals surface area contributed by atoms with Crippen molar-refractivity contribution in [2.45, 2.75) is 79.1 Å². The van der Waals surface area contributed by atoms with E-state index in [2.05, 4.69) is 33.0 Å². The molecule has 3 heteroatoms. The molecule has 0 rings (SSSR count). The average molecular weight is 382 g/mol. The van der Waals surface area contributed by atoms with Gasteiger partial charge in [0.05, 0.1) is 24.6 Å². The maximum atomic E-state index is 3.59. The van der Waals surface area contributed by atoms with Gasteiger partial charge >= 0.3 is 0 Å². The summed E-state index contributed by atoms with van der Waals surface area (Å²) in [7, 11) is -0.532. The van der Waals surface area contributed by atoms with Crippen LogP contribution in [0.3, 0.4) is 0 Å². The van der Waals surface area contributed by atoms with Crippen LogP contribution in [0.25, 0.3) is 0 Å². The number of hydrogen-bond acceptors (Lipinski definition) is 1. The molecule has 0 amide bonds. The van der Waals surface area contributed by atoms with Gasteiger partial charge in [-0.3, -0.25) is 0 Å². The Kier molecular flexibility index (Phi) is 19.8. The van der Waals surface area contributed by atoms with E-state index in [9.17, 15) is 0 Å². The Hall–Kier alpha value is 0.870. The predicted molar refractivity (Wildman–Crippen MR) is 98.9 cm³/mol. The second-order valence-electron chi connectivity index (χ2n) is 6.24. The van der Waals surface area contributed by atoms with E-state index in [0.29, 0.717) is 0 Å². The van der Waals surface area contributed by atoms with E-state index in [1.165, 1.54) is 82.9 Å². The summed E-state index contributed by atoms with van der Waals surface area (Å²) in [6.45, 7) is 12.0. The molecule has 0 aromatic rings. The van der Waals surface area contributed by atoms with E-state index in [4.69, 9.17) is 0 Å². The molecule has 0 aromatic carbocycles. The molecule has 1 nitrogen and oxygen atoms in total. The van der Waals surface area contributed by atoms with Gasteiger partial charge in [0.25, 0.3) is 0 Å². The van der Waals surface area contributed by atoms with Crippen LogP contribution in [-0.2, 0) is 0 Å². The van der Waals surface area contributed by atoms with Crippen LogP contribution in [-0.4, -0.2) is 37.7 Å². The Balaban J connectivity index is 0. The molecule has 0 bridgehead atoms. The van der Waals surface area contributed by atoms with E-state index in [1.54, 1.807) is 6.16 Å². The maximum Gasteiger partial charge on any atom is 0.0594 e. The molecular formula is C18H41BrNP. The average Bonchev–Trinajstić information content (AvgIpc) is 2.49. The molecule has 0 unspecified atom stereocenters. The normalized spacial score (nSPS) is 11.4. The van der Waals surface area contributed by atoms with Crippen LogP contribution in [0.5, 0.6) is 0 Å². The summed E-state index contributed by atoms with van der Waals surface area (Å²) in [5, 5.41) is 3.59. The third kappa shape index (κ3) is 13.0. The third-order valence-corrected chi connectivity index (χ3v) is 10.2. The molecule has 21 heavy (non-hydrogen) atoms. The lowest BCUT2D eigenvalue weighted by molar-refractivity contribution is -0.00000466. The zero-order chi connectivity index (χ0) is 15.1. The van der Waals surface area contributed by atoms with Crippen molar-refractivity contribution >= 4 is 7.26 Å². The molecule has 0 aliphatic carbocycles. The molecule has 0 atom stereocenters. The SMILES string of the molecule is CCCCCCNCCCCCC[P+](CC)(CC)CC.[Br-]. The fraction of sp³-hybridized carbons (Fsp3) is 1.00. The largest absolute Gasteiger partial charge is 1.00 e. The van der Waals surface area contributed by atoms with Gasteiger partial charge < -0.3 is 22.3 Å². The lowest BCUT2D eigenvalue weighted by atomic mass is 10.2. The first-order valence-electron chi connectivity index (χ1n) is 9.30. The van der Waals surface area contributed by atoms with Gasteiger partial charge in [-0.05, 0) is 59.5 Å². The van der Waals surface area contributed by atoms with Gasteiger partial charge in [-0.25, -0.2) is 0 Å². The first-order valence-corrected chi connectivity index (χ1v) is 11.8. The van der Waals surface area contributed by atoms with Gasteiger partial charge in [0.1, 0.15) is 0 Å². The van der Waals surface area contributed by atoms with Crippen LogP contribution >= 0.6 is 7.26 Å². The van der Waals surface area contributed by atoms with Crippen LogP contribution in [0, 0.1) is 0 Å². The number of halogens is 1. The molecule has 0 saturated heterocycles. The molecule has 1 N–H and O–H groups in total. The van der Waals surface area contributed by atoms with Gasteiger partial charge in [0.15, 0.2) is 0 Å². The van der Waals surface area contributed by atoms with Crippen LogP contribution in [0.4, 0.5) is 0 Å². The van der Waals surface area contributed by atoms with E-state index in [1.807, 2.05) is 0 Å². The number of rotatable bonds is 15. The molecule has 130 valence electrons. The molecule has 0 fully saturated rings. The molecule has 0 radical (unpaired) electrons. The Morgan fingerprint density at radius 3 is 1.57 bits per heavy atom. The van der Waals surface area contributed by atoms with Crippen molar-refractivity contribution in [2.75, 3.05) is 37.7 Å². The monoisotopic (exact) mass is 381 g/mol. The van der Waals surface area contributed by atoms with E-state index in [-0.39, 0.29) is 17.0 Å². The minimum atomic E-state index is -0.532. The lowest BCUT2D eigenvalue weighted by Crippen LogP contribution is -3.00. The minimum absolute atomic E-state index is 0. The van der Waals surface area contributed by atoms with Gasteiger partial charge in [-0.15, -0.1) is 0 Å². The van der Waals surface area contributed by atoms with Gasteiger partial charge in [0, 0.05) is 7.26 Å². The second kappa shape index (κ2) is 17.2. The highest BCUT2D eigenvalue weighted by atomic mass is 79.9. The van der Waals surface area contributed by atoms with Gasteiger partial charge in [0.2, 0.25) is 0 Å². The number of hydrogen-bond donors (Lipinski definition) is 1. The molecule has 0 spiro atoms. The highest BCUT2D eigenvalue weighted by Gasteiger charge is 2.29. The summed E-state index contributed by atoms with van der Waals surface area (Å²) < 4.78 is 0. The van der Waals surface area contributed by atoms with Crippen LogP contribution in [0.2, 0.25) is 0 Å². The highest BCUT2D eigenvalue weighted by Crippen LogP contribution is 2.58. The van der Waals surface area contributed by atoms with Crippen molar-refractivity contribution in [3.05, 3.63) is 0 Å². The first kappa shape index (κ1) is 24.1. The van der Waals surface area contributed by atoms with Crippen molar-refractivity contribution < 1.29 is 17.0 Å². The van der Waals surface area contributed by atoms with Crippen LogP contribution in [0.15, 0.2) is 0 Å².